The number of nitrogens with one attached hydrogen (secondary N) is 2. The molecule has 1 heterocycles. The molecular formula is C23H31IN4O3. The second-order valence-corrected chi connectivity index (χ2v) is 7.27. The van der Waals surface area contributed by atoms with Crippen molar-refractivity contribution in [2.24, 2.45) is 4.99 Å². The van der Waals surface area contributed by atoms with Gasteiger partial charge < -0.3 is 25.0 Å². The molecule has 0 spiro atoms. The van der Waals surface area contributed by atoms with Gasteiger partial charge in [-0.3, -0.25) is 4.79 Å². The summed E-state index contributed by atoms with van der Waals surface area (Å²) in [5, 5.41) is 6.79. The Balaban J connectivity index is 0.00000341. The largest absolute Gasteiger partial charge is 0.494 e. The summed E-state index contributed by atoms with van der Waals surface area (Å²) in [6.45, 7) is 2.01. The van der Waals surface area contributed by atoms with Crippen LogP contribution in [0.5, 0.6) is 11.5 Å². The summed E-state index contributed by atoms with van der Waals surface area (Å²) in [6, 6.07) is 17.8. The number of hydrogen-bond donors (Lipinski definition) is 2. The highest BCUT2D eigenvalue weighted by Gasteiger charge is 2.22. The fourth-order valence-electron chi connectivity index (χ4n) is 3.08. The van der Waals surface area contributed by atoms with E-state index in [2.05, 4.69) is 21.7 Å². The van der Waals surface area contributed by atoms with Crippen molar-refractivity contribution in [1.29, 1.82) is 0 Å². The molecule has 0 saturated carbocycles. The van der Waals surface area contributed by atoms with E-state index in [0.717, 1.165) is 29.9 Å². The maximum absolute atomic E-state index is 12.0. The maximum Gasteiger partial charge on any atom is 0.243 e. The van der Waals surface area contributed by atoms with E-state index in [4.69, 9.17) is 9.47 Å². The fraction of sp³-hybridized carbons (Fsp3) is 0.391. The van der Waals surface area contributed by atoms with Crippen molar-refractivity contribution < 1.29 is 14.3 Å². The molecule has 2 aromatic rings. The first-order valence-corrected chi connectivity index (χ1v) is 10.3. The molecular weight excluding hydrogens is 507 g/mol. The molecule has 3 rings (SSSR count). The molecule has 1 aliphatic rings. The van der Waals surface area contributed by atoms with Crippen LogP contribution in [0.4, 0.5) is 0 Å². The quantitative estimate of drug-likeness (QED) is 0.234. The van der Waals surface area contributed by atoms with E-state index in [1.54, 1.807) is 19.0 Å². The third-order valence-corrected chi connectivity index (χ3v) is 4.77. The fourth-order valence-corrected chi connectivity index (χ4v) is 3.08. The lowest BCUT2D eigenvalue weighted by molar-refractivity contribution is -0.127. The van der Waals surface area contributed by atoms with Crippen molar-refractivity contribution in [3.63, 3.8) is 0 Å². The molecule has 31 heavy (non-hydrogen) atoms. The van der Waals surface area contributed by atoms with Crippen LogP contribution in [-0.4, -0.2) is 57.2 Å². The van der Waals surface area contributed by atoms with E-state index < -0.39 is 0 Å². The molecule has 2 aromatic carbocycles. The van der Waals surface area contributed by atoms with Crippen molar-refractivity contribution in [2.75, 3.05) is 40.4 Å². The Morgan fingerprint density at radius 2 is 1.90 bits per heavy atom. The highest BCUT2D eigenvalue weighted by atomic mass is 127. The predicted octanol–water partition coefficient (Wildman–Crippen LogP) is 3.22. The van der Waals surface area contributed by atoms with Crippen molar-refractivity contribution >= 4 is 35.8 Å². The molecule has 0 fully saturated rings. The van der Waals surface area contributed by atoms with Gasteiger partial charge in [0.2, 0.25) is 5.91 Å². The summed E-state index contributed by atoms with van der Waals surface area (Å²) in [7, 11) is 3.46. The van der Waals surface area contributed by atoms with Crippen LogP contribution < -0.4 is 20.1 Å². The maximum atomic E-state index is 12.0. The third-order valence-electron chi connectivity index (χ3n) is 4.77. The Morgan fingerprint density at radius 3 is 2.68 bits per heavy atom. The van der Waals surface area contributed by atoms with Gasteiger partial charge in [-0.15, -0.1) is 24.0 Å². The van der Waals surface area contributed by atoms with Gasteiger partial charge in [0, 0.05) is 32.6 Å². The highest BCUT2D eigenvalue weighted by Crippen LogP contribution is 2.31. The number of likely N-dealkylation sites (N-methyl/N-ethyl adjacent to an activating group) is 1. The zero-order chi connectivity index (χ0) is 21.2. The Labute approximate surface area is 201 Å². The number of rotatable bonds is 8. The highest BCUT2D eigenvalue weighted by molar-refractivity contribution is 14.0. The van der Waals surface area contributed by atoms with E-state index in [9.17, 15) is 4.79 Å². The smallest absolute Gasteiger partial charge is 0.243 e. The SMILES string of the molecule is CN(C)C(=O)CN=C(NCCCOc1ccccc1)NC1CCOc2ccccc21.I. The van der Waals surface area contributed by atoms with Crippen molar-refractivity contribution in [3.05, 3.63) is 60.2 Å². The van der Waals surface area contributed by atoms with Gasteiger partial charge in [-0.25, -0.2) is 4.99 Å². The zero-order valence-corrected chi connectivity index (χ0v) is 20.4. The van der Waals surface area contributed by atoms with Crippen LogP contribution in [0.3, 0.4) is 0 Å². The van der Waals surface area contributed by atoms with Gasteiger partial charge in [0.25, 0.3) is 0 Å². The Morgan fingerprint density at radius 1 is 1.16 bits per heavy atom. The molecule has 0 saturated heterocycles. The molecule has 168 valence electrons. The lowest BCUT2D eigenvalue weighted by Crippen LogP contribution is -2.42. The Kier molecular flexibility index (Phi) is 10.4. The van der Waals surface area contributed by atoms with Crippen LogP contribution in [0, 0.1) is 0 Å². The molecule has 2 N–H and O–H groups in total. The topological polar surface area (TPSA) is 75.2 Å². The van der Waals surface area contributed by atoms with Crippen LogP contribution in [0.1, 0.15) is 24.4 Å². The van der Waals surface area contributed by atoms with E-state index in [1.807, 2.05) is 48.5 Å². The minimum Gasteiger partial charge on any atom is -0.494 e. The molecule has 0 aromatic heterocycles. The number of hydrogen-bond acceptors (Lipinski definition) is 4. The summed E-state index contributed by atoms with van der Waals surface area (Å²) >= 11 is 0. The predicted molar refractivity (Wildman–Crippen MR) is 133 cm³/mol. The third kappa shape index (κ3) is 7.93. The summed E-state index contributed by atoms with van der Waals surface area (Å²) < 4.78 is 11.5. The van der Waals surface area contributed by atoms with Gasteiger partial charge in [-0.2, -0.15) is 0 Å². The average Bonchev–Trinajstić information content (AvgIpc) is 2.77. The van der Waals surface area contributed by atoms with Gasteiger partial charge in [-0.1, -0.05) is 36.4 Å². The minimum absolute atomic E-state index is 0. The van der Waals surface area contributed by atoms with Gasteiger partial charge >= 0.3 is 0 Å². The Hall–Kier alpha value is -2.49. The van der Waals surface area contributed by atoms with Crippen LogP contribution in [0.25, 0.3) is 0 Å². The second kappa shape index (κ2) is 13.0. The number of carbonyl (C=O) groups is 1. The van der Waals surface area contributed by atoms with E-state index in [0.29, 0.717) is 25.7 Å². The number of benzene rings is 2. The minimum atomic E-state index is -0.0455. The zero-order valence-electron chi connectivity index (χ0n) is 18.0. The Bertz CT molecular complexity index is 846. The first-order valence-electron chi connectivity index (χ1n) is 10.3. The molecule has 1 amide bonds. The van der Waals surface area contributed by atoms with Crippen LogP contribution in [0.2, 0.25) is 0 Å². The molecule has 0 radical (unpaired) electrons. The summed E-state index contributed by atoms with van der Waals surface area (Å²) in [6.07, 6.45) is 1.64. The standard InChI is InChI=1S/C23H30N4O3.HI/c1-27(2)22(28)17-25-23(24-14-8-15-29-18-9-4-3-5-10-18)26-20-13-16-30-21-12-7-6-11-19(20)21;/h3-7,9-12,20H,8,13-17H2,1-2H3,(H2,24,25,26);1H. The van der Waals surface area contributed by atoms with E-state index in [-0.39, 0.29) is 42.5 Å². The number of carbonyl (C=O) groups excluding carboxylic acids is 1. The van der Waals surface area contributed by atoms with Crippen LogP contribution in [0.15, 0.2) is 59.6 Å². The van der Waals surface area contributed by atoms with Crippen LogP contribution >= 0.6 is 24.0 Å². The van der Waals surface area contributed by atoms with Crippen LogP contribution in [-0.2, 0) is 4.79 Å². The number of aliphatic imine (C=N–C) groups is 1. The lowest BCUT2D eigenvalue weighted by Gasteiger charge is -2.28. The van der Waals surface area contributed by atoms with E-state index in [1.165, 1.54) is 0 Å². The second-order valence-electron chi connectivity index (χ2n) is 7.27. The number of nitrogens with zero attached hydrogens (tertiary/aromatic N) is 2. The van der Waals surface area contributed by atoms with Crippen molar-refractivity contribution in [3.8, 4) is 11.5 Å². The molecule has 8 heteroatoms. The summed E-state index contributed by atoms with van der Waals surface area (Å²) in [5.74, 6) is 2.32. The van der Waals surface area contributed by atoms with Gasteiger partial charge in [-0.05, 0) is 24.6 Å². The number of fused-ring (bicyclic) bond motifs is 1. The first kappa shape index (κ1) is 24.8. The average molecular weight is 538 g/mol. The molecule has 1 atom stereocenters. The van der Waals surface area contributed by atoms with Gasteiger partial charge in [0.15, 0.2) is 5.96 Å². The molecule has 0 bridgehead atoms. The lowest BCUT2D eigenvalue weighted by atomic mass is 10.0. The summed E-state index contributed by atoms with van der Waals surface area (Å²) in [5.41, 5.74) is 1.10. The number of halogens is 1. The first-order chi connectivity index (χ1) is 14.6. The van der Waals surface area contributed by atoms with Gasteiger partial charge in [0.1, 0.15) is 18.0 Å². The number of para-hydroxylation sites is 2. The monoisotopic (exact) mass is 538 g/mol. The normalized spacial score (nSPS) is 15.0. The summed E-state index contributed by atoms with van der Waals surface area (Å²) in [4.78, 5) is 18.0. The molecule has 0 aliphatic carbocycles. The molecule has 7 nitrogen and oxygen atoms in total. The van der Waals surface area contributed by atoms with Crippen molar-refractivity contribution in [2.45, 2.75) is 18.9 Å². The van der Waals surface area contributed by atoms with Gasteiger partial charge in [0.05, 0.1) is 19.3 Å². The number of guanidine groups is 1. The number of ether oxygens (including phenoxy) is 2. The number of amides is 1. The van der Waals surface area contributed by atoms with E-state index >= 15 is 0 Å². The van der Waals surface area contributed by atoms with Crippen molar-refractivity contribution in [1.82, 2.24) is 15.5 Å². The molecule has 1 unspecified atom stereocenters. The molecule has 1 aliphatic heterocycles.